The smallest absolute Gasteiger partial charge is 0.253 e. The normalized spacial score (nSPS) is 22.2. The van der Waals surface area contributed by atoms with Gasteiger partial charge < -0.3 is 19.4 Å². The number of hydrogen-bond acceptors (Lipinski definition) is 4. The van der Waals surface area contributed by atoms with Crippen LogP contribution in [0.1, 0.15) is 25.7 Å². The van der Waals surface area contributed by atoms with Gasteiger partial charge in [-0.2, -0.15) is 0 Å². The Morgan fingerprint density at radius 1 is 1.14 bits per heavy atom. The van der Waals surface area contributed by atoms with E-state index in [2.05, 4.69) is 0 Å². The van der Waals surface area contributed by atoms with Gasteiger partial charge in [0.1, 0.15) is 12.4 Å². The lowest BCUT2D eigenvalue weighted by Gasteiger charge is -2.47. The Morgan fingerprint density at radius 3 is 2.61 bits per heavy atom. The Labute approximate surface area is 163 Å². The molecule has 0 radical (unpaired) electrons. The summed E-state index contributed by atoms with van der Waals surface area (Å²) in [5, 5.41) is 0. The molecule has 3 aliphatic heterocycles. The number of amides is 3. The molecule has 3 amide bonds. The molecular weight excluding hydrogens is 365 g/mol. The molecule has 0 aromatic heterocycles. The third-order valence-corrected chi connectivity index (χ3v) is 5.89. The summed E-state index contributed by atoms with van der Waals surface area (Å²) in [6.45, 7) is 2.13. The summed E-state index contributed by atoms with van der Waals surface area (Å²) in [5.41, 5.74) is -0.000711. The van der Waals surface area contributed by atoms with Gasteiger partial charge in [-0.3, -0.25) is 14.4 Å². The summed E-state index contributed by atoms with van der Waals surface area (Å²) in [4.78, 5) is 41.5. The molecule has 0 saturated carbocycles. The first-order chi connectivity index (χ1) is 13.5. The van der Waals surface area contributed by atoms with Crippen molar-refractivity contribution in [2.24, 2.45) is 0 Å². The van der Waals surface area contributed by atoms with Gasteiger partial charge in [-0.1, -0.05) is 6.07 Å². The topological polar surface area (TPSA) is 70.2 Å². The van der Waals surface area contributed by atoms with Gasteiger partial charge in [0.25, 0.3) is 5.91 Å². The zero-order valence-corrected chi connectivity index (χ0v) is 15.7. The van der Waals surface area contributed by atoms with Crippen LogP contribution in [-0.4, -0.2) is 72.5 Å². The molecule has 0 bridgehead atoms. The monoisotopic (exact) mass is 389 g/mol. The number of benzene rings is 1. The maximum absolute atomic E-state index is 13.6. The average Bonchev–Trinajstić information content (AvgIpc) is 3.09. The van der Waals surface area contributed by atoms with Crippen molar-refractivity contribution < 1.29 is 23.5 Å². The van der Waals surface area contributed by atoms with Gasteiger partial charge in [0.15, 0.2) is 0 Å². The maximum atomic E-state index is 13.6. The number of halogens is 1. The predicted octanol–water partition coefficient (Wildman–Crippen LogP) is 1.17. The molecular formula is C20H24FN3O4. The van der Waals surface area contributed by atoms with Gasteiger partial charge in [0, 0.05) is 31.7 Å². The van der Waals surface area contributed by atoms with E-state index >= 15 is 0 Å². The zero-order chi connectivity index (χ0) is 19.7. The fourth-order valence-corrected chi connectivity index (χ4v) is 4.19. The van der Waals surface area contributed by atoms with Crippen LogP contribution in [0.5, 0.6) is 0 Å². The summed E-state index contributed by atoms with van der Waals surface area (Å²) in [6.07, 6.45) is 2.54. The van der Waals surface area contributed by atoms with E-state index in [1.54, 1.807) is 26.8 Å². The molecule has 150 valence electrons. The molecule has 0 N–H and O–H groups in total. The van der Waals surface area contributed by atoms with E-state index in [1.807, 2.05) is 0 Å². The van der Waals surface area contributed by atoms with Crippen LogP contribution in [0.25, 0.3) is 0 Å². The molecule has 0 atom stereocenters. The number of piperidine rings is 1. The largest absolute Gasteiger partial charge is 0.363 e. The SMILES string of the molecule is O=C(CN1CCCC1=O)N1CCC2(CC1)CN(c1cccc(F)c1)C(=O)CO2. The summed E-state index contributed by atoms with van der Waals surface area (Å²) in [5.74, 6) is -0.578. The van der Waals surface area contributed by atoms with E-state index in [0.29, 0.717) is 51.1 Å². The molecule has 28 heavy (non-hydrogen) atoms. The van der Waals surface area contributed by atoms with E-state index in [9.17, 15) is 18.8 Å². The van der Waals surface area contributed by atoms with Crippen molar-refractivity contribution in [3.05, 3.63) is 30.1 Å². The van der Waals surface area contributed by atoms with E-state index in [1.165, 1.54) is 12.1 Å². The van der Waals surface area contributed by atoms with Crippen molar-refractivity contribution >= 4 is 23.4 Å². The second kappa shape index (κ2) is 7.50. The first-order valence-corrected chi connectivity index (χ1v) is 9.71. The molecule has 1 spiro atoms. The van der Waals surface area contributed by atoms with Crippen molar-refractivity contribution in [3.63, 3.8) is 0 Å². The van der Waals surface area contributed by atoms with Crippen LogP contribution in [-0.2, 0) is 19.1 Å². The summed E-state index contributed by atoms with van der Waals surface area (Å²) in [6, 6.07) is 5.99. The minimum absolute atomic E-state index is 0.0426. The molecule has 0 aliphatic carbocycles. The Balaban J connectivity index is 1.38. The summed E-state index contributed by atoms with van der Waals surface area (Å²) in [7, 11) is 0. The lowest BCUT2D eigenvalue weighted by molar-refractivity contribution is -0.151. The van der Waals surface area contributed by atoms with E-state index in [4.69, 9.17) is 4.74 Å². The molecule has 4 rings (SSSR count). The molecule has 3 fully saturated rings. The molecule has 7 nitrogen and oxygen atoms in total. The number of carbonyl (C=O) groups is 3. The van der Waals surface area contributed by atoms with Crippen molar-refractivity contribution in [2.45, 2.75) is 31.3 Å². The molecule has 1 aromatic carbocycles. The Kier molecular flexibility index (Phi) is 5.05. The van der Waals surface area contributed by atoms with Crippen LogP contribution in [0, 0.1) is 5.82 Å². The van der Waals surface area contributed by atoms with Gasteiger partial charge in [-0.05, 0) is 37.5 Å². The number of anilines is 1. The van der Waals surface area contributed by atoms with Crippen molar-refractivity contribution in [3.8, 4) is 0 Å². The first kappa shape index (κ1) is 18.9. The summed E-state index contributed by atoms with van der Waals surface area (Å²) >= 11 is 0. The third-order valence-electron chi connectivity index (χ3n) is 5.89. The highest BCUT2D eigenvalue weighted by Crippen LogP contribution is 2.33. The van der Waals surface area contributed by atoms with Gasteiger partial charge in [0.05, 0.1) is 18.7 Å². The van der Waals surface area contributed by atoms with Crippen LogP contribution in [0.4, 0.5) is 10.1 Å². The minimum Gasteiger partial charge on any atom is -0.363 e. The Hall–Kier alpha value is -2.48. The Morgan fingerprint density at radius 2 is 1.93 bits per heavy atom. The highest BCUT2D eigenvalue weighted by atomic mass is 19.1. The number of nitrogens with zero attached hydrogens (tertiary/aromatic N) is 3. The molecule has 1 aromatic rings. The summed E-state index contributed by atoms with van der Waals surface area (Å²) < 4.78 is 19.5. The van der Waals surface area contributed by atoms with Crippen molar-refractivity contribution in [1.82, 2.24) is 9.80 Å². The highest BCUT2D eigenvalue weighted by molar-refractivity contribution is 5.95. The number of morpholine rings is 1. The van der Waals surface area contributed by atoms with Gasteiger partial charge in [-0.25, -0.2) is 4.39 Å². The molecule has 0 unspecified atom stereocenters. The number of rotatable bonds is 3. The number of carbonyl (C=O) groups excluding carboxylic acids is 3. The lowest BCUT2D eigenvalue weighted by Crippen LogP contribution is -2.60. The van der Waals surface area contributed by atoms with Crippen LogP contribution >= 0.6 is 0 Å². The first-order valence-electron chi connectivity index (χ1n) is 9.71. The zero-order valence-electron chi connectivity index (χ0n) is 15.7. The minimum atomic E-state index is -0.527. The molecule has 3 saturated heterocycles. The van der Waals surface area contributed by atoms with E-state index < -0.39 is 5.60 Å². The second-order valence-corrected chi connectivity index (χ2v) is 7.73. The van der Waals surface area contributed by atoms with Gasteiger partial charge in [0.2, 0.25) is 11.8 Å². The van der Waals surface area contributed by atoms with Crippen LogP contribution in [0.2, 0.25) is 0 Å². The van der Waals surface area contributed by atoms with Gasteiger partial charge in [-0.15, -0.1) is 0 Å². The highest BCUT2D eigenvalue weighted by Gasteiger charge is 2.43. The number of ether oxygens (including phenoxy) is 1. The predicted molar refractivity (Wildman–Crippen MR) is 99.1 cm³/mol. The number of hydrogen-bond donors (Lipinski definition) is 0. The molecule has 8 heteroatoms. The van der Waals surface area contributed by atoms with Crippen LogP contribution in [0.3, 0.4) is 0 Å². The average molecular weight is 389 g/mol. The fourth-order valence-electron chi connectivity index (χ4n) is 4.19. The standard InChI is InChI=1S/C20H24FN3O4/c21-15-3-1-4-16(11-15)24-14-20(28-13-19(24)27)6-9-22(10-7-20)18(26)12-23-8-2-5-17(23)25/h1,3-4,11H,2,5-10,12-14H2. The second-order valence-electron chi connectivity index (χ2n) is 7.73. The van der Waals surface area contributed by atoms with Crippen molar-refractivity contribution in [1.29, 1.82) is 0 Å². The van der Waals surface area contributed by atoms with Crippen LogP contribution in [0.15, 0.2) is 24.3 Å². The van der Waals surface area contributed by atoms with Gasteiger partial charge >= 0.3 is 0 Å². The fraction of sp³-hybridized carbons (Fsp3) is 0.550. The van der Waals surface area contributed by atoms with E-state index in [-0.39, 0.29) is 36.7 Å². The molecule has 3 heterocycles. The number of likely N-dealkylation sites (tertiary alicyclic amines) is 2. The third kappa shape index (κ3) is 3.73. The lowest BCUT2D eigenvalue weighted by atomic mass is 9.89. The Bertz CT molecular complexity index is 791. The quantitative estimate of drug-likeness (QED) is 0.778. The molecule has 3 aliphatic rings. The van der Waals surface area contributed by atoms with Crippen LogP contribution < -0.4 is 4.90 Å². The van der Waals surface area contributed by atoms with E-state index in [0.717, 1.165) is 6.42 Å². The van der Waals surface area contributed by atoms with Crippen molar-refractivity contribution in [2.75, 3.05) is 44.2 Å². The maximum Gasteiger partial charge on any atom is 0.253 e.